The number of rotatable bonds is 10. The SMILES string of the molecule is CC(F)(F)c1nnc2n1CCN(C(=O)C[C@@H](Cc1cc(F)c(F)cc1F)NC(=O)C1CCCN1C(=O)C(N)Cc1ccccc1)C2.Cl. The number of halogens is 6. The third kappa shape index (κ3) is 8.25. The zero-order chi connectivity index (χ0) is 33.2. The Balaban J connectivity index is 0.00000500. The van der Waals surface area contributed by atoms with E-state index < -0.39 is 65.0 Å². The van der Waals surface area contributed by atoms with Crippen LogP contribution in [0.1, 0.15) is 49.0 Å². The fraction of sp³-hybridized carbons (Fsp3) is 0.452. The van der Waals surface area contributed by atoms with Crippen LogP contribution in [0.5, 0.6) is 0 Å². The summed E-state index contributed by atoms with van der Waals surface area (Å²) in [7, 11) is 0. The summed E-state index contributed by atoms with van der Waals surface area (Å²) in [4.78, 5) is 43.0. The van der Waals surface area contributed by atoms with Crippen molar-refractivity contribution in [2.24, 2.45) is 5.73 Å². The van der Waals surface area contributed by atoms with Gasteiger partial charge in [0.2, 0.25) is 23.5 Å². The van der Waals surface area contributed by atoms with Gasteiger partial charge in [-0.25, -0.2) is 13.2 Å². The van der Waals surface area contributed by atoms with Gasteiger partial charge in [0.1, 0.15) is 11.9 Å². The van der Waals surface area contributed by atoms with Crippen LogP contribution in [-0.2, 0) is 46.2 Å². The van der Waals surface area contributed by atoms with E-state index in [0.717, 1.165) is 5.56 Å². The van der Waals surface area contributed by atoms with Crippen molar-refractivity contribution in [2.45, 2.75) is 76.2 Å². The van der Waals surface area contributed by atoms with E-state index in [4.69, 9.17) is 5.73 Å². The molecular formula is C31H35ClF5N7O3. The van der Waals surface area contributed by atoms with Crippen molar-refractivity contribution in [3.05, 3.63) is 82.7 Å². The molecule has 3 aromatic rings. The van der Waals surface area contributed by atoms with Crippen LogP contribution in [0.15, 0.2) is 42.5 Å². The third-order valence-electron chi connectivity index (χ3n) is 8.28. The van der Waals surface area contributed by atoms with Gasteiger partial charge < -0.3 is 25.4 Å². The quantitative estimate of drug-likeness (QED) is 0.250. The zero-order valence-electron chi connectivity index (χ0n) is 25.5. The van der Waals surface area contributed by atoms with Gasteiger partial charge in [0.25, 0.3) is 0 Å². The van der Waals surface area contributed by atoms with Gasteiger partial charge in [0.05, 0.1) is 12.6 Å². The number of nitrogens with zero attached hydrogens (tertiary/aromatic N) is 5. The smallest absolute Gasteiger partial charge is 0.304 e. The number of benzene rings is 2. The van der Waals surface area contributed by atoms with Crippen molar-refractivity contribution in [3.8, 4) is 0 Å². The Bertz CT molecular complexity index is 1600. The van der Waals surface area contributed by atoms with Crippen molar-refractivity contribution < 1.29 is 36.3 Å². The molecule has 254 valence electrons. The Hall–Kier alpha value is -4.11. The average molecular weight is 684 g/mol. The van der Waals surface area contributed by atoms with E-state index >= 15 is 0 Å². The lowest BCUT2D eigenvalue weighted by Crippen LogP contribution is -2.54. The second-order valence-electron chi connectivity index (χ2n) is 11.8. The highest BCUT2D eigenvalue weighted by atomic mass is 35.5. The van der Waals surface area contributed by atoms with E-state index in [-0.39, 0.29) is 69.2 Å². The molecule has 16 heteroatoms. The molecule has 3 amide bonds. The molecule has 3 N–H and O–H groups in total. The molecule has 5 rings (SSSR count). The van der Waals surface area contributed by atoms with Gasteiger partial charge in [-0.1, -0.05) is 30.3 Å². The van der Waals surface area contributed by atoms with Gasteiger partial charge in [-0.2, -0.15) is 8.78 Å². The maximum Gasteiger partial charge on any atom is 0.304 e. The first kappa shape index (κ1) is 35.7. The number of amides is 3. The lowest BCUT2D eigenvalue weighted by molar-refractivity contribution is -0.140. The van der Waals surface area contributed by atoms with Crippen LogP contribution in [0.2, 0.25) is 0 Å². The minimum absolute atomic E-state index is 0. The summed E-state index contributed by atoms with van der Waals surface area (Å²) >= 11 is 0. The van der Waals surface area contributed by atoms with Crippen LogP contribution >= 0.6 is 12.4 Å². The van der Waals surface area contributed by atoms with E-state index in [1.807, 2.05) is 30.3 Å². The van der Waals surface area contributed by atoms with Gasteiger partial charge in [-0.15, -0.1) is 22.6 Å². The molecule has 3 heterocycles. The Morgan fingerprint density at radius 2 is 1.70 bits per heavy atom. The highest BCUT2D eigenvalue weighted by Gasteiger charge is 2.38. The molecule has 0 saturated carbocycles. The molecule has 0 radical (unpaired) electrons. The summed E-state index contributed by atoms with van der Waals surface area (Å²) in [6.07, 6.45) is 0.352. The van der Waals surface area contributed by atoms with Gasteiger partial charge in [0.15, 0.2) is 17.5 Å². The van der Waals surface area contributed by atoms with Crippen LogP contribution in [0.25, 0.3) is 0 Å². The maximum atomic E-state index is 14.7. The summed E-state index contributed by atoms with van der Waals surface area (Å²) in [5.74, 6) is -8.90. The van der Waals surface area contributed by atoms with E-state index in [0.29, 0.717) is 31.9 Å². The lowest BCUT2D eigenvalue weighted by Gasteiger charge is -2.31. The number of nitrogens with two attached hydrogens (primary N) is 1. The molecule has 2 aromatic carbocycles. The molecule has 2 unspecified atom stereocenters. The van der Waals surface area contributed by atoms with Crippen molar-refractivity contribution in [1.29, 1.82) is 0 Å². The topological polar surface area (TPSA) is 126 Å². The number of hydrogen-bond donors (Lipinski definition) is 2. The number of carbonyl (C=O) groups is 3. The molecule has 10 nitrogen and oxygen atoms in total. The molecule has 0 bridgehead atoms. The second-order valence-corrected chi connectivity index (χ2v) is 11.8. The highest BCUT2D eigenvalue weighted by molar-refractivity contribution is 5.91. The third-order valence-corrected chi connectivity index (χ3v) is 8.28. The number of nitrogens with one attached hydrogen (secondary N) is 1. The number of alkyl halides is 2. The molecule has 2 aliphatic heterocycles. The number of aromatic nitrogens is 3. The fourth-order valence-electron chi connectivity index (χ4n) is 5.96. The molecule has 1 saturated heterocycles. The average Bonchev–Trinajstić information content (AvgIpc) is 3.67. The molecular weight excluding hydrogens is 649 g/mol. The Morgan fingerprint density at radius 3 is 2.40 bits per heavy atom. The predicted octanol–water partition coefficient (Wildman–Crippen LogP) is 3.25. The standard InChI is InChI=1S/C31H34F5N7O3.ClH/c1-31(35,36)30-40-39-26-17-41(10-11-43(26)30)27(44)15-20(13-19-14-22(33)23(34)16-21(19)32)38-28(45)25-8-5-9-42(25)29(46)24(37)12-18-6-3-2-4-7-18;/h2-4,6-7,14,16,20,24-25H,5,8-13,15,17,37H2,1H3,(H,38,45);1H/t20-,24?,25?;/m1./s1. The summed E-state index contributed by atoms with van der Waals surface area (Å²) in [6.45, 7) is 0.893. The Labute approximate surface area is 273 Å². The fourth-order valence-corrected chi connectivity index (χ4v) is 5.96. The molecule has 2 aliphatic rings. The van der Waals surface area contributed by atoms with E-state index in [2.05, 4.69) is 15.5 Å². The number of carbonyl (C=O) groups excluding carboxylic acids is 3. The first-order valence-electron chi connectivity index (χ1n) is 14.9. The largest absolute Gasteiger partial charge is 0.351 e. The second kappa shape index (κ2) is 14.8. The van der Waals surface area contributed by atoms with E-state index in [1.165, 1.54) is 14.4 Å². The molecule has 0 spiro atoms. The lowest BCUT2D eigenvalue weighted by atomic mass is 10.0. The van der Waals surface area contributed by atoms with Gasteiger partial charge in [-0.05, 0) is 42.9 Å². The van der Waals surface area contributed by atoms with Crippen LogP contribution < -0.4 is 11.1 Å². The van der Waals surface area contributed by atoms with Crippen molar-refractivity contribution in [3.63, 3.8) is 0 Å². The van der Waals surface area contributed by atoms with Crippen LogP contribution in [0.3, 0.4) is 0 Å². The first-order chi connectivity index (χ1) is 21.8. The van der Waals surface area contributed by atoms with Gasteiger partial charge >= 0.3 is 5.92 Å². The Kier molecular flexibility index (Phi) is 11.2. The number of hydrogen-bond acceptors (Lipinski definition) is 6. The minimum Gasteiger partial charge on any atom is -0.351 e. The van der Waals surface area contributed by atoms with E-state index in [9.17, 15) is 36.3 Å². The molecule has 0 aliphatic carbocycles. The van der Waals surface area contributed by atoms with Gasteiger partial charge in [0, 0.05) is 45.1 Å². The minimum atomic E-state index is -3.23. The first-order valence-corrected chi connectivity index (χ1v) is 14.9. The monoisotopic (exact) mass is 683 g/mol. The van der Waals surface area contributed by atoms with Crippen molar-refractivity contribution >= 4 is 30.1 Å². The van der Waals surface area contributed by atoms with E-state index in [1.54, 1.807) is 0 Å². The number of fused-ring (bicyclic) bond motifs is 1. The molecule has 1 aromatic heterocycles. The summed E-state index contributed by atoms with van der Waals surface area (Å²) in [5.41, 5.74) is 6.80. The van der Waals surface area contributed by atoms with Crippen molar-refractivity contribution in [1.82, 2.24) is 29.9 Å². The summed E-state index contributed by atoms with van der Waals surface area (Å²) in [5, 5.41) is 10.1. The summed E-state index contributed by atoms with van der Waals surface area (Å²) < 4.78 is 71.4. The van der Waals surface area contributed by atoms with Gasteiger partial charge in [-0.3, -0.25) is 14.4 Å². The normalized spacial score (nSPS) is 17.5. The highest BCUT2D eigenvalue weighted by Crippen LogP contribution is 2.28. The zero-order valence-corrected chi connectivity index (χ0v) is 26.3. The van der Waals surface area contributed by atoms with Crippen LogP contribution in [0.4, 0.5) is 22.0 Å². The predicted molar refractivity (Wildman–Crippen MR) is 162 cm³/mol. The number of likely N-dealkylation sites (tertiary alicyclic amines) is 1. The van der Waals surface area contributed by atoms with Crippen molar-refractivity contribution in [2.75, 3.05) is 13.1 Å². The van der Waals surface area contributed by atoms with Crippen LogP contribution in [-0.4, -0.2) is 73.5 Å². The Morgan fingerprint density at radius 1 is 1.00 bits per heavy atom. The maximum absolute atomic E-state index is 14.7. The molecule has 1 fully saturated rings. The molecule has 47 heavy (non-hydrogen) atoms. The molecule has 3 atom stereocenters. The van der Waals surface area contributed by atoms with Crippen LogP contribution in [0, 0.1) is 17.5 Å². The summed E-state index contributed by atoms with van der Waals surface area (Å²) in [6, 6.07) is 7.31.